The van der Waals surface area contributed by atoms with E-state index in [1.54, 1.807) is 38.5 Å². The standard InChI is InChI=1S/C22H23N3O4S/c1-13(2)29-19(26)12-25-22(27)20-17(10-23-25)21-18(8-14(3)30-21)24(20)11-15-6-5-7-16(9-15)28-4/h5-10,13H,11-12H2,1-4H3. The van der Waals surface area contributed by atoms with Crippen molar-refractivity contribution >= 4 is 38.4 Å². The lowest BCUT2D eigenvalue weighted by Crippen LogP contribution is -2.29. The summed E-state index contributed by atoms with van der Waals surface area (Å²) in [5.74, 6) is 0.278. The molecule has 0 unspecified atom stereocenters. The van der Waals surface area contributed by atoms with Gasteiger partial charge in [-0.15, -0.1) is 11.3 Å². The number of benzene rings is 1. The van der Waals surface area contributed by atoms with Crippen LogP contribution in [0, 0.1) is 6.92 Å². The molecule has 0 saturated carbocycles. The maximum absolute atomic E-state index is 13.3. The Balaban J connectivity index is 1.86. The Morgan fingerprint density at radius 3 is 2.80 bits per heavy atom. The number of carbonyl (C=O) groups is 1. The van der Waals surface area contributed by atoms with Crippen LogP contribution in [0.1, 0.15) is 24.3 Å². The Labute approximate surface area is 177 Å². The third-order valence-corrected chi connectivity index (χ3v) is 5.85. The number of hydrogen-bond donors (Lipinski definition) is 0. The van der Waals surface area contributed by atoms with Gasteiger partial charge in [0.1, 0.15) is 17.8 Å². The van der Waals surface area contributed by atoms with Crippen molar-refractivity contribution in [3.05, 3.63) is 57.3 Å². The maximum atomic E-state index is 13.3. The van der Waals surface area contributed by atoms with Crippen LogP contribution < -0.4 is 10.3 Å². The van der Waals surface area contributed by atoms with Gasteiger partial charge < -0.3 is 14.0 Å². The van der Waals surface area contributed by atoms with E-state index in [0.29, 0.717) is 12.1 Å². The van der Waals surface area contributed by atoms with Crippen LogP contribution in [0.15, 0.2) is 41.3 Å². The van der Waals surface area contributed by atoms with E-state index in [1.165, 1.54) is 4.68 Å². The van der Waals surface area contributed by atoms with Crippen LogP contribution in [0.3, 0.4) is 0 Å². The van der Waals surface area contributed by atoms with Gasteiger partial charge in [-0.1, -0.05) is 12.1 Å². The van der Waals surface area contributed by atoms with Crippen molar-refractivity contribution in [3.63, 3.8) is 0 Å². The smallest absolute Gasteiger partial charge is 0.328 e. The van der Waals surface area contributed by atoms with Crippen LogP contribution >= 0.6 is 11.3 Å². The Kier molecular flexibility index (Phi) is 5.34. The van der Waals surface area contributed by atoms with E-state index >= 15 is 0 Å². The summed E-state index contributed by atoms with van der Waals surface area (Å²) >= 11 is 1.63. The van der Waals surface area contributed by atoms with Gasteiger partial charge in [-0.2, -0.15) is 5.10 Å². The van der Waals surface area contributed by atoms with Crippen LogP contribution in [0.4, 0.5) is 0 Å². The van der Waals surface area contributed by atoms with Crippen LogP contribution in [0.5, 0.6) is 5.75 Å². The summed E-state index contributed by atoms with van der Waals surface area (Å²) in [5.41, 5.74) is 2.22. The average Bonchev–Trinajstić information content (AvgIpc) is 3.20. The molecule has 0 atom stereocenters. The van der Waals surface area contributed by atoms with Gasteiger partial charge in [-0.25, -0.2) is 4.68 Å². The first kappa shape index (κ1) is 20.2. The number of methoxy groups -OCH3 is 1. The van der Waals surface area contributed by atoms with Gasteiger partial charge in [0.15, 0.2) is 0 Å². The van der Waals surface area contributed by atoms with Crippen LogP contribution in [-0.4, -0.2) is 33.5 Å². The molecule has 4 aromatic rings. The molecule has 8 heteroatoms. The molecule has 0 aliphatic rings. The first-order valence-electron chi connectivity index (χ1n) is 9.68. The predicted octanol–water partition coefficient (Wildman–Crippen LogP) is 3.73. The third kappa shape index (κ3) is 3.70. The van der Waals surface area contributed by atoms with Gasteiger partial charge in [-0.05, 0) is 44.5 Å². The van der Waals surface area contributed by atoms with E-state index in [9.17, 15) is 9.59 Å². The molecule has 30 heavy (non-hydrogen) atoms. The van der Waals surface area contributed by atoms with Gasteiger partial charge in [0.05, 0.1) is 29.6 Å². The molecule has 4 rings (SSSR count). The number of rotatable bonds is 6. The lowest BCUT2D eigenvalue weighted by molar-refractivity contribution is -0.148. The highest BCUT2D eigenvalue weighted by molar-refractivity contribution is 7.20. The van der Waals surface area contributed by atoms with E-state index in [4.69, 9.17) is 9.47 Å². The summed E-state index contributed by atoms with van der Waals surface area (Å²) in [6.07, 6.45) is 1.42. The molecule has 0 spiro atoms. The summed E-state index contributed by atoms with van der Waals surface area (Å²) in [7, 11) is 1.63. The maximum Gasteiger partial charge on any atom is 0.328 e. The number of nitrogens with zero attached hydrogens (tertiary/aromatic N) is 3. The summed E-state index contributed by atoms with van der Waals surface area (Å²) in [6.45, 7) is 5.87. The second-order valence-corrected chi connectivity index (χ2v) is 8.67. The van der Waals surface area contributed by atoms with Gasteiger partial charge in [0.2, 0.25) is 0 Å². The second-order valence-electron chi connectivity index (χ2n) is 7.42. The van der Waals surface area contributed by atoms with E-state index in [2.05, 4.69) is 11.2 Å². The topological polar surface area (TPSA) is 75.3 Å². The lowest BCUT2D eigenvalue weighted by atomic mass is 10.2. The minimum atomic E-state index is -0.484. The number of fused-ring (bicyclic) bond motifs is 3. The highest BCUT2D eigenvalue weighted by Gasteiger charge is 2.19. The first-order valence-corrected chi connectivity index (χ1v) is 10.5. The fourth-order valence-electron chi connectivity index (χ4n) is 3.57. The van der Waals surface area contributed by atoms with Gasteiger partial charge in [0.25, 0.3) is 5.56 Å². The summed E-state index contributed by atoms with van der Waals surface area (Å²) < 4.78 is 14.7. The van der Waals surface area contributed by atoms with Gasteiger partial charge in [0, 0.05) is 16.8 Å². The van der Waals surface area contributed by atoms with Gasteiger partial charge in [-0.3, -0.25) is 9.59 Å². The number of thiophene rings is 1. The molecular weight excluding hydrogens is 402 g/mol. The zero-order chi connectivity index (χ0) is 21.4. The van der Waals surface area contributed by atoms with E-state index in [-0.39, 0.29) is 18.2 Å². The molecule has 0 N–H and O–H groups in total. The second kappa shape index (κ2) is 7.95. The molecule has 7 nitrogen and oxygen atoms in total. The first-order chi connectivity index (χ1) is 14.4. The molecule has 0 saturated heterocycles. The minimum absolute atomic E-state index is 0.218. The molecule has 0 aliphatic heterocycles. The normalized spacial score (nSPS) is 11.5. The zero-order valence-corrected chi connectivity index (χ0v) is 18.2. The molecule has 0 bridgehead atoms. The van der Waals surface area contributed by atoms with Crippen molar-refractivity contribution < 1.29 is 14.3 Å². The van der Waals surface area contributed by atoms with Crippen molar-refractivity contribution in [2.45, 2.75) is 40.0 Å². The summed E-state index contributed by atoms with van der Waals surface area (Å²) in [6, 6.07) is 9.85. The third-order valence-electron chi connectivity index (χ3n) is 4.78. The Bertz CT molecular complexity index is 1300. The molecule has 1 aromatic carbocycles. The van der Waals surface area contributed by atoms with Crippen molar-refractivity contribution in [2.75, 3.05) is 7.11 Å². The predicted molar refractivity (Wildman–Crippen MR) is 117 cm³/mol. The number of carbonyl (C=O) groups excluding carboxylic acids is 1. The van der Waals surface area contributed by atoms with Gasteiger partial charge >= 0.3 is 5.97 Å². The highest BCUT2D eigenvalue weighted by Crippen LogP contribution is 2.34. The highest BCUT2D eigenvalue weighted by atomic mass is 32.1. The molecule has 156 valence electrons. The molecule has 0 amide bonds. The molecule has 0 radical (unpaired) electrons. The Morgan fingerprint density at radius 1 is 1.27 bits per heavy atom. The largest absolute Gasteiger partial charge is 0.497 e. The van der Waals surface area contributed by atoms with Crippen LogP contribution in [-0.2, 0) is 22.6 Å². The molecule has 3 heterocycles. The summed E-state index contributed by atoms with van der Waals surface area (Å²) in [5, 5.41) is 5.03. The van der Waals surface area contributed by atoms with Crippen molar-refractivity contribution in [2.24, 2.45) is 0 Å². The summed E-state index contributed by atoms with van der Waals surface area (Å²) in [4.78, 5) is 26.5. The number of hydrogen-bond acceptors (Lipinski definition) is 6. The monoisotopic (exact) mass is 425 g/mol. The molecule has 0 aliphatic carbocycles. The molecule has 3 aromatic heterocycles. The lowest BCUT2D eigenvalue weighted by Gasteiger charge is -2.11. The Morgan fingerprint density at radius 2 is 2.07 bits per heavy atom. The fraction of sp³-hybridized carbons (Fsp3) is 0.318. The van der Waals surface area contributed by atoms with Crippen LogP contribution in [0.25, 0.3) is 21.1 Å². The number of esters is 1. The van der Waals surface area contributed by atoms with Crippen molar-refractivity contribution in [3.8, 4) is 5.75 Å². The van der Waals surface area contributed by atoms with Crippen LogP contribution in [0.2, 0.25) is 0 Å². The quantitative estimate of drug-likeness (QED) is 0.440. The van der Waals surface area contributed by atoms with E-state index in [1.807, 2.05) is 35.8 Å². The average molecular weight is 426 g/mol. The molecule has 0 fully saturated rings. The number of ether oxygens (including phenoxy) is 2. The van der Waals surface area contributed by atoms with Crippen molar-refractivity contribution in [1.29, 1.82) is 0 Å². The minimum Gasteiger partial charge on any atom is -0.497 e. The van der Waals surface area contributed by atoms with E-state index in [0.717, 1.165) is 31.8 Å². The Hall–Kier alpha value is -3.13. The van der Waals surface area contributed by atoms with E-state index < -0.39 is 5.97 Å². The zero-order valence-electron chi connectivity index (χ0n) is 17.3. The fourth-order valence-corrected chi connectivity index (χ4v) is 4.60. The number of aryl methyl sites for hydroxylation is 1. The van der Waals surface area contributed by atoms with Crippen molar-refractivity contribution in [1.82, 2.24) is 14.3 Å². The molecular formula is C22H23N3O4S. The SMILES string of the molecule is COc1cccc(Cn2c3cc(C)sc3c3cnn(CC(=O)OC(C)C)c(=O)c32)c1. The number of aromatic nitrogens is 3.